The summed E-state index contributed by atoms with van der Waals surface area (Å²) < 4.78 is 5.74. The molecule has 0 aromatic heterocycles. The van der Waals surface area contributed by atoms with E-state index in [0.717, 1.165) is 36.4 Å². The van der Waals surface area contributed by atoms with E-state index in [-0.39, 0.29) is 0 Å². The third kappa shape index (κ3) is 3.91. The number of likely N-dealkylation sites (tertiary alicyclic amines) is 1. The van der Waals surface area contributed by atoms with Crippen LogP contribution in [0.5, 0.6) is 5.75 Å². The third-order valence-corrected chi connectivity index (χ3v) is 3.50. The predicted molar refractivity (Wildman–Crippen MR) is 75.7 cm³/mol. The summed E-state index contributed by atoms with van der Waals surface area (Å²) >= 11 is 0. The molecular weight excluding hydrogens is 224 g/mol. The van der Waals surface area contributed by atoms with Crippen molar-refractivity contribution >= 4 is 5.69 Å². The Morgan fingerprint density at radius 3 is 2.39 bits per heavy atom. The van der Waals surface area contributed by atoms with Gasteiger partial charge in [0, 0.05) is 25.3 Å². The summed E-state index contributed by atoms with van der Waals surface area (Å²) in [6.45, 7) is 8.85. The minimum absolute atomic E-state index is 0.753. The van der Waals surface area contributed by atoms with Crippen molar-refractivity contribution in [1.29, 1.82) is 0 Å². The van der Waals surface area contributed by atoms with Crippen LogP contribution in [0.25, 0.3) is 0 Å². The van der Waals surface area contributed by atoms with Crippen LogP contribution in [0.15, 0.2) is 24.3 Å². The molecule has 3 nitrogen and oxygen atoms in total. The van der Waals surface area contributed by atoms with Crippen molar-refractivity contribution < 1.29 is 4.74 Å². The number of nitrogen functional groups attached to an aromatic ring is 1. The molecule has 2 rings (SSSR count). The van der Waals surface area contributed by atoms with E-state index >= 15 is 0 Å². The fourth-order valence-electron chi connectivity index (χ4n) is 2.83. The molecule has 2 N–H and O–H groups in total. The lowest BCUT2D eigenvalue weighted by molar-refractivity contribution is 0.120. The number of ether oxygens (including phenoxy) is 1. The van der Waals surface area contributed by atoms with Crippen LogP contribution in [0.3, 0.4) is 0 Å². The summed E-state index contributed by atoms with van der Waals surface area (Å²) in [7, 11) is 0. The molecule has 2 atom stereocenters. The highest BCUT2D eigenvalue weighted by molar-refractivity contribution is 5.41. The Morgan fingerprint density at radius 2 is 1.78 bits per heavy atom. The Balaban J connectivity index is 1.73. The van der Waals surface area contributed by atoms with E-state index in [1.807, 2.05) is 24.3 Å². The largest absolute Gasteiger partial charge is 0.492 e. The summed E-state index contributed by atoms with van der Waals surface area (Å²) in [4.78, 5) is 2.51. The van der Waals surface area contributed by atoms with Gasteiger partial charge in [-0.1, -0.05) is 13.8 Å². The third-order valence-electron chi connectivity index (χ3n) is 3.50. The second-order valence-corrected chi connectivity index (χ2v) is 5.62. The molecule has 1 aliphatic heterocycles. The molecule has 18 heavy (non-hydrogen) atoms. The van der Waals surface area contributed by atoms with Crippen LogP contribution in [0, 0.1) is 11.8 Å². The fraction of sp³-hybridized carbons (Fsp3) is 0.600. The van der Waals surface area contributed by atoms with Crippen LogP contribution in [0.4, 0.5) is 5.69 Å². The molecule has 0 spiro atoms. The van der Waals surface area contributed by atoms with Gasteiger partial charge in [-0.15, -0.1) is 0 Å². The molecule has 0 aliphatic carbocycles. The van der Waals surface area contributed by atoms with Gasteiger partial charge in [-0.05, 0) is 42.5 Å². The number of piperidine rings is 1. The van der Waals surface area contributed by atoms with Gasteiger partial charge in [0.1, 0.15) is 12.4 Å². The quantitative estimate of drug-likeness (QED) is 0.832. The topological polar surface area (TPSA) is 38.5 Å². The predicted octanol–water partition coefficient (Wildman–Crippen LogP) is 2.63. The van der Waals surface area contributed by atoms with E-state index in [4.69, 9.17) is 10.5 Å². The van der Waals surface area contributed by atoms with E-state index in [0.29, 0.717) is 0 Å². The standard InChI is InChI=1S/C15H24N2O/c1-12-9-13(2)11-17(10-12)7-8-18-15-5-3-14(16)4-6-15/h3-6,12-13H,7-11,16H2,1-2H3/t12-,13-/m0/s1. The molecule has 0 unspecified atom stereocenters. The van der Waals surface area contributed by atoms with E-state index in [9.17, 15) is 0 Å². The number of nitrogens with two attached hydrogens (primary N) is 1. The first-order valence-corrected chi connectivity index (χ1v) is 6.84. The Hall–Kier alpha value is -1.22. The maximum absolute atomic E-state index is 5.74. The van der Waals surface area contributed by atoms with Gasteiger partial charge in [-0.3, -0.25) is 4.90 Å². The Labute approximate surface area is 110 Å². The molecule has 1 heterocycles. The minimum Gasteiger partial charge on any atom is -0.492 e. The average molecular weight is 248 g/mol. The van der Waals surface area contributed by atoms with Crippen LogP contribution >= 0.6 is 0 Å². The monoisotopic (exact) mass is 248 g/mol. The molecular formula is C15H24N2O. The molecule has 0 bridgehead atoms. The molecule has 0 radical (unpaired) electrons. The molecule has 0 amide bonds. The van der Waals surface area contributed by atoms with Crippen LogP contribution in [-0.4, -0.2) is 31.1 Å². The molecule has 3 heteroatoms. The highest BCUT2D eigenvalue weighted by Crippen LogP contribution is 2.20. The van der Waals surface area contributed by atoms with Crippen molar-refractivity contribution in [3.63, 3.8) is 0 Å². The van der Waals surface area contributed by atoms with Crippen molar-refractivity contribution in [3.8, 4) is 5.75 Å². The molecule has 0 saturated carbocycles. The van der Waals surface area contributed by atoms with E-state index < -0.39 is 0 Å². The Morgan fingerprint density at radius 1 is 1.17 bits per heavy atom. The van der Waals surface area contributed by atoms with Gasteiger partial charge in [-0.25, -0.2) is 0 Å². The number of anilines is 1. The summed E-state index contributed by atoms with van der Waals surface area (Å²) in [5.41, 5.74) is 6.42. The highest BCUT2D eigenvalue weighted by atomic mass is 16.5. The van der Waals surface area contributed by atoms with Crippen molar-refractivity contribution in [2.75, 3.05) is 32.0 Å². The van der Waals surface area contributed by atoms with E-state index in [1.165, 1.54) is 19.5 Å². The van der Waals surface area contributed by atoms with Gasteiger partial charge in [0.05, 0.1) is 0 Å². The number of nitrogens with zero attached hydrogens (tertiary/aromatic N) is 1. The first-order valence-electron chi connectivity index (χ1n) is 6.84. The zero-order valence-corrected chi connectivity index (χ0v) is 11.4. The zero-order chi connectivity index (χ0) is 13.0. The summed E-state index contributed by atoms with van der Waals surface area (Å²) in [5.74, 6) is 2.53. The molecule has 100 valence electrons. The van der Waals surface area contributed by atoms with Gasteiger partial charge < -0.3 is 10.5 Å². The summed E-state index contributed by atoms with van der Waals surface area (Å²) in [6, 6.07) is 7.61. The van der Waals surface area contributed by atoms with Crippen LogP contribution in [0.2, 0.25) is 0 Å². The Kier molecular flexibility index (Phi) is 4.48. The van der Waals surface area contributed by atoms with Crippen molar-refractivity contribution in [1.82, 2.24) is 4.90 Å². The van der Waals surface area contributed by atoms with Crippen LogP contribution in [-0.2, 0) is 0 Å². The number of hydrogen-bond acceptors (Lipinski definition) is 3. The van der Waals surface area contributed by atoms with Crippen molar-refractivity contribution in [2.24, 2.45) is 11.8 Å². The van der Waals surface area contributed by atoms with E-state index in [2.05, 4.69) is 18.7 Å². The fourth-order valence-corrected chi connectivity index (χ4v) is 2.83. The number of benzene rings is 1. The van der Waals surface area contributed by atoms with Gasteiger partial charge in [0.15, 0.2) is 0 Å². The highest BCUT2D eigenvalue weighted by Gasteiger charge is 2.21. The van der Waals surface area contributed by atoms with Gasteiger partial charge in [0.25, 0.3) is 0 Å². The van der Waals surface area contributed by atoms with Gasteiger partial charge in [0.2, 0.25) is 0 Å². The lowest BCUT2D eigenvalue weighted by Gasteiger charge is -2.34. The van der Waals surface area contributed by atoms with Crippen molar-refractivity contribution in [2.45, 2.75) is 20.3 Å². The van der Waals surface area contributed by atoms with Crippen LogP contribution in [0.1, 0.15) is 20.3 Å². The lowest BCUT2D eigenvalue weighted by atomic mass is 9.92. The first-order chi connectivity index (χ1) is 8.63. The second-order valence-electron chi connectivity index (χ2n) is 5.62. The molecule has 1 aromatic carbocycles. The maximum atomic E-state index is 5.74. The average Bonchev–Trinajstić information content (AvgIpc) is 2.30. The minimum atomic E-state index is 0.753. The maximum Gasteiger partial charge on any atom is 0.119 e. The molecule has 1 saturated heterocycles. The molecule has 1 aliphatic rings. The molecule has 1 fully saturated rings. The number of hydrogen-bond donors (Lipinski definition) is 1. The van der Waals surface area contributed by atoms with Crippen LogP contribution < -0.4 is 10.5 Å². The SMILES string of the molecule is C[C@H]1C[C@H](C)CN(CCOc2ccc(N)cc2)C1. The second kappa shape index (κ2) is 6.10. The van der Waals surface area contributed by atoms with Gasteiger partial charge in [-0.2, -0.15) is 0 Å². The van der Waals surface area contributed by atoms with Crippen molar-refractivity contribution in [3.05, 3.63) is 24.3 Å². The first kappa shape index (κ1) is 13.2. The lowest BCUT2D eigenvalue weighted by Crippen LogP contribution is -2.40. The Bertz CT molecular complexity index is 353. The van der Waals surface area contributed by atoms with Gasteiger partial charge >= 0.3 is 0 Å². The van der Waals surface area contributed by atoms with E-state index in [1.54, 1.807) is 0 Å². The molecule has 1 aromatic rings. The summed E-state index contributed by atoms with van der Waals surface area (Å²) in [6.07, 6.45) is 1.36. The normalized spacial score (nSPS) is 25.0. The number of rotatable bonds is 4. The smallest absolute Gasteiger partial charge is 0.119 e. The summed E-state index contributed by atoms with van der Waals surface area (Å²) in [5, 5.41) is 0. The zero-order valence-electron chi connectivity index (χ0n) is 11.4.